The Balaban J connectivity index is 4.86. The van der Waals surface area contributed by atoms with Crippen LogP contribution in [-0.2, 0) is 23.9 Å². The number of carbonyl (C=O) groups excluding carboxylic acids is 3. The summed E-state index contributed by atoms with van der Waals surface area (Å²) in [5.74, 6) is -2.74. The largest absolute Gasteiger partial charge is 0.462 e. The van der Waals surface area contributed by atoms with E-state index in [0.717, 1.165) is 0 Å². The molecule has 0 bridgehead atoms. The molecule has 0 aliphatic rings. The highest BCUT2D eigenvalue weighted by Gasteiger charge is 2.35. The summed E-state index contributed by atoms with van der Waals surface area (Å²) in [7, 11) is 0. The lowest BCUT2D eigenvalue weighted by atomic mass is 9.91. The van der Waals surface area contributed by atoms with E-state index in [9.17, 15) is 14.4 Å². The lowest BCUT2D eigenvalue weighted by Gasteiger charge is -2.21. The maximum atomic E-state index is 11.9. The van der Waals surface area contributed by atoms with Gasteiger partial charge >= 0.3 is 11.9 Å². The minimum atomic E-state index is -1.04. The third-order valence-electron chi connectivity index (χ3n) is 2.25. The first-order chi connectivity index (χ1) is 8.29. The van der Waals surface area contributed by atoms with Crippen LogP contribution in [0.25, 0.3) is 0 Å². The van der Waals surface area contributed by atoms with Gasteiger partial charge in [0.15, 0.2) is 5.92 Å². The molecular formula is C13H22O5. The number of esters is 2. The van der Waals surface area contributed by atoms with Crippen LogP contribution in [0.2, 0.25) is 0 Å². The van der Waals surface area contributed by atoms with Crippen LogP contribution in [0.5, 0.6) is 0 Å². The Morgan fingerprint density at radius 3 is 1.61 bits per heavy atom. The number of carbonyl (C=O) groups is 3. The molecule has 0 aromatic carbocycles. The van der Waals surface area contributed by atoms with Crippen LogP contribution in [0.15, 0.2) is 0 Å². The van der Waals surface area contributed by atoms with E-state index in [0.29, 0.717) is 6.29 Å². The summed E-state index contributed by atoms with van der Waals surface area (Å²) in [5, 5.41) is 0. The molecule has 0 N–H and O–H groups in total. The molecule has 0 aliphatic heterocycles. The van der Waals surface area contributed by atoms with Crippen molar-refractivity contribution in [3.63, 3.8) is 0 Å². The first kappa shape index (κ1) is 16.6. The second-order valence-corrected chi connectivity index (χ2v) is 4.83. The van der Waals surface area contributed by atoms with Crippen LogP contribution in [0.4, 0.5) is 0 Å². The maximum absolute atomic E-state index is 11.9. The summed E-state index contributed by atoms with van der Waals surface area (Å²) in [6.07, 6.45) is 0.180. The molecule has 0 aromatic heterocycles. The number of ether oxygens (including phenoxy) is 2. The quantitative estimate of drug-likeness (QED) is 0.395. The monoisotopic (exact) mass is 258 g/mol. The Morgan fingerprint density at radius 1 is 0.944 bits per heavy atom. The van der Waals surface area contributed by atoms with Crippen LogP contribution < -0.4 is 0 Å². The van der Waals surface area contributed by atoms with Crippen LogP contribution in [0.1, 0.15) is 41.0 Å². The average Bonchev–Trinajstić information content (AvgIpc) is 2.14. The van der Waals surface area contributed by atoms with Crippen molar-refractivity contribution >= 4 is 18.2 Å². The zero-order valence-electron chi connectivity index (χ0n) is 11.6. The third-order valence-corrected chi connectivity index (χ3v) is 2.25. The van der Waals surface area contributed by atoms with Gasteiger partial charge in [0.25, 0.3) is 0 Å². The van der Waals surface area contributed by atoms with Gasteiger partial charge in [-0.15, -0.1) is 0 Å². The van der Waals surface area contributed by atoms with Crippen molar-refractivity contribution in [1.29, 1.82) is 0 Å². The Morgan fingerprint density at radius 2 is 1.33 bits per heavy atom. The number of aldehydes is 1. The summed E-state index contributed by atoms with van der Waals surface area (Å²) in [6.45, 7) is 8.46. The van der Waals surface area contributed by atoms with Gasteiger partial charge in [-0.2, -0.15) is 0 Å². The molecule has 0 heterocycles. The molecule has 0 unspecified atom stereocenters. The molecule has 0 aromatic rings. The van der Waals surface area contributed by atoms with Gasteiger partial charge in [-0.1, -0.05) is 6.92 Å². The predicted octanol–water partition coefficient (Wildman–Crippen LogP) is 1.73. The van der Waals surface area contributed by atoms with Gasteiger partial charge in [0.05, 0.1) is 12.2 Å². The van der Waals surface area contributed by atoms with Gasteiger partial charge < -0.3 is 14.3 Å². The minimum absolute atomic E-state index is 0.116. The van der Waals surface area contributed by atoms with Gasteiger partial charge in [0.2, 0.25) is 0 Å². The molecule has 0 saturated heterocycles. The normalized spacial score (nSPS) is 12.7. The summed E-state index contributed by atoms with van der Waals surface area (Å²) >= 11 is 0. The molecule has 0 amide bonds. The fraction of sp³-hybridized carbons (Fsp3) is 0.769. The minimum Gasteiger partial charge on any atom is -0.462 e. The molecule has 0 spiro atoms. The molecule has 0 saturated carbocycles. The zero-order valence-corrected chi connectivity index (χ0v) is 11.6. The lowest BCUT2D eigenvalue weighted by molar-refractivity contribution is -0.168. The molecule has 5 heteroatoms. The van der Waals surface area contributed by atoms with Gasteiger partial charge in [0, 0.05) is 6.42 Å². The smallest absolute Gasteiger partial charge is 0.320 e. The van der Waals surface area contributed by atoms with Gasteiger partial charge in [-0.05, 0) is 33.6 Å². The van der Waals surface area contributed by atoms with Crippen molar-refractivity contribution in [3.05, 3.63) is 0 Å². The summed E-state index contributed by atoms with van der Waals surface area (Å²) in [6, 6.07) is 0. The van der Waals surface area contributed by atoms with Gasteiger partial charge in [-0.25, -0.2) is 0 Å². The van der Waals surface area contributed by atoms with Crippen molar-refractivity contribution in [1.82, 2.24) is 0 Å². The highest BCUT2D eigenvalue weighted by Crippen LogP contribution is 2.19. The molecule has 104 valence electrons. The van der Waals surface area contributed by atoms with Crippen molar-refractivity contribution in [2.45, 2.75) is 53.2 Å². The standard InChI is InChI=1S/C13H22O5/c1-8(2)17-12(15)11(10(5)6-7-14)13(16)18-9(3)4/h7-11H,6H2,1-5H3/t10-/m1/s1. The van der Waals surface area contributed by atoms with Crippen molar-refractivity contribution < 1.29 is 23.9 Å². The van der Waals surface area contributed by atoms with E-state index in [1.165, 1.54) is 0 Å². The second-order valence-electron chi connectivity index (χ2n) is 4.83. The Hall–Kier alpha value is -1.39. The van der Waals surface area contributed by atoms with Crippen LogP contribution in [0.3, 0.4) is 0 Å². The van der Waals surface area contributed by atoms with Crippen molar-refractivity contribution in [3.8, 4) is 0 Å². The molecule has 0 rings (SSSR count). The van der Waals surface area contributed by atoms with E-state index in [-0.39, 0.29) is 18.6 Å². The fourth-order valence-electron chi connectivity index (χ4n) is 1.46. The van der Waals surface area contributed by atoms with E-state index in [2.05, 4.69) is 0 Å². The van der Waals surface area contributed by atoms with Crippen LogP contribution in [-0.4, -0.2) is 30.4 Å². The predicted molar refractivity (Wildman–Crippen MR) is 65.8 cm³/mol. The summed E-state index contributed by atoms with van der Waals surface area (Å²) < 4.78 is 10.1. The van der Waals surface area contributed by atoms with Crippen molar-refractivity contribution in [2.24, 2.45) is 11.8 Å². The number of hydrogen-bond acceptors (Lipinski definition) is 5. The molecule has 18 heavy (non-hydrogen) atoms. The topological polar surface area (TPSA) is 69.7 Å². The van der Waals surface area contributed by atoms with E-state index >= 15 is 0 Å². The highest BCUT2D eigenvalue weighted by atomic mass is 16.6. The van der Waals surface area contributed by atoms with Crippen LogP contribution >= 0.6 is 0 Å². The average molecular weight is 258 g/mol. The highest BCUT2D eigenvalue weighted by molar-refractivity contribution is 5.95. The van der Waals surface area contributed by atoms with E-state index < -0.39 is 23.8 Å². The molecule has 0 radical (unpaired) electrons. The van der Waals surface area contributed by atoms with Gasteiger partial charge in [0.1, 0.15) is 6.29 Å². The Kier molecular flexibility index (Phi) is 7.24. The van der Waals surface area contributed by atoms with Gasteiger partial charge in [-0.3, -0.25) is 9.59 Å². The third kappa shape index (κ3) is 5.80. The van der Waals surface area contributed by atoms with E-state index in [1.54, 1.807) is 34.6 Å². The first-order valence-electron chi connectivity index (χ1n) is 6.14. The fourth-order valence-corrected chi connectivity index (χ4v) is 1.46. The first-order valence-corrected chi connectivity index (χ1v) is 6.14. The molecular weight excluding hydrogens is 236 g/mol. The van der Waals surface area contributed by atoms with Crippen molar-refractivity contribution in [2.75, 3.05) is 0 Å². The number of hydrogen-bond donors (Lipinski definition) is 0. The van der Waals surface area contributed by atoms with E-state index in [1.807, 2.05) is 0 Å². The lowest BCUT2D eigenvalue weighted by Crippen LogP contribution is -2.35. The second kappa shape index (κ2) is 7.84. The summed E-state index contributed by atoms with van der Waals surface area (Å²) in [5.41, 5.74) is 0. The Bertz CT molecular complexity index is 274. The number of rotatable bonds is 7. The molecule has 5 nitrogen and oxygen atoms in total. The Labute approximate surface area is 108 Å². The van der Waals surface area contributed by atoms with E-state index in [4.69, 9.17) is 9.47 Å². The maximum Gasteiger partial charge on any atom is 0.320 e. The van der Waals surface area contributed by atoms with Crippen LogP contribution in [0, 0.1) is 11.8 Å². The molecule has 0 fully saturated rings. The molecule has 0 aliphatic carbocycles. The molecule has 1 atom stereocenters. The summed E-state index contributed by atoms with van der Waals surface area (Å²) in [4.78, 5) is 34.2. The SMILES string of the molecule is CC(C)OC(=O)C(C(=O)OC(C)C)[C@H](C)CC=O. The zero-order chi connectivity index (χ0) is 14.3.